The minimum absolute atomic E-state index is 0.591. The first-order chi connectivity index (χ1) is 39.6. The molecule has 0 aliphatic heterocycles. The van der Waals surface area contributed by atoms with Crippen molar-refractivity contribution in [3.8, 4) is 124 Å². The van der Waals surface area contributed by atoms with Crippen molar-refractivity contribution in [2.75, 3.05) is 0 Å². The van der Waals surface area contributed by atoms with Crippen LogP contribution >= 0.6 is 0 Å². The fourth-order valence-electron chi connectivity index (χ4n) is 10.6. The van der Waals surface area contributed by atoms with E-state index < -0.39 is 0 Å². The molecular formula is C72H46N8. The van der Waals surface area contributed by atoms with Gasteiger partial charge in [0, 0.05) is 63.1 Å². The average Bonchev–Trinajstić information content (AvgIpc) is 3.57. The van der Waals surface area contributed by atoms with Gasteiger partial charge in [-0.25, -0.2) is 29.9 Å². The molecule has 14 aromatic rings. The van der Waals surface area contributed by atoms with Crippen LogP contribution in [0.2, 0.25) is 0 Å². The monoisotopic (exact) mass is 1020 g/mol. The lowest BCUT2D eigenvalue weighted by Crippen LogP contribution is -2.00. The zero-order chi connectivity index (χ0) is 53.2. The van der Waals surface area contributed by atoms with Gasteiger partial charge in [-0.05, 0) is 84.8 Å². The van der Waals surface area contributed by atoms with E-state index in [9.17, 15) is 0 Å². The highest BCUT2D eigenvalue weighted by atomic mass is 15.0. The van der Waals surface area contributed by atoms with E-state index >= 15 is 0 Å². The van der Waals surface area contributed by atoms with Gasteiger partial charge >= 0.3 is 0 Å². The number of nitrogens with zero attached hydrogens (tertiary/aromatic N) is 8. The maximum atomic E-state index is 5.14. The molecule has 0 aliphatic rings. The van der Waals surface area contributed by atoms with Crippen LogP contribution in [0, 0.1) is 0 Å². The fourth-order valence-corrected chi connectivity index (χ4v) is 10.6. The molecule has 8 heteroatoms. The van der Waals surface area contributed by atoms with E-state index in [0.717, 1.165) is 105 Å². The SMILES string of the molecule is c1ccc(-c2nc(-c3ccccc3)nc(-c3ccc(-c4ccc5ccc(-c6ccc(-c7nc(-c8ccccc8)nc(-c8ccc(-c9ccc%10ccccc%10c9-c9ccccn9)cc8)n7)cc6)cc5c4-c4cccnc4)cc3)n2)cc1. The summed E-state index contributed by atoms with van der Waals surface area (Å²) in [5, 5.41) is 4.57. The smallest absolute Gasteiger partial charge is 0.164 e. The van der Waals surface area contributed by atoms with Crippen LogP contribution in [0.25, 0.3) is 146 Å². The summed E-state index contributed by atoms with van der Waals surface area (Å²) < 4.78 is 0. The number of benzene rings is 10. The van der Waals surface area contributed by atoms with Gasteiger partial charge in [0.05, 0.1) is 5.69 Å². The molecule has 0 atom stereocenters. The first kappa shape index (κ1) is 47.5. The van der Waals surface area contributed by atoms with Gasteiger partial charge in [0.2, 0.25) is 0 Å². The molecule has 0 saturated carbocycles. The number of pyridine rings is 2. The molecule has 0 radical (unpaired) electrons. The van der Waals surface area contributed by atoms with E-state index in [1.165, 1.54) is 5.39 Å². The lowest BCUT2D eigenvalue weighted by molar-refractivity contribution is 1.07. The van der Waals surface area contributed by atoms with Crippen molar-refractivity contribution in [3.63, 3.8) is 0 Å². The fraction of sp³-hybridized carbons (Fsp3) is 0. The Morgan fingerprint density at radius 1 is 0.225 bits per heavy atom. The summed E-state index contributed by atoms with van der Waals surface area (Å²) in [6.45, 7) is 0. The lowest BCUT2D eigenvalue weighted by atomic mass is 9.88. The molecule has 0 saturated heterocycles. The predicted molar refractivity (Wildman–Crippen MR) is 324 cm³/mol. The van der Waals surface area contributed by atoms with Gasteiger partial charge in [0.1, 0.15) is 0 Å². The third kappa shape index (κ3) is 9.33. The summed E-state index contributed by atoms with van der Waals surface area (Å²) in [7, 11) is 0. The molecule has 80 heavy (non-hydrogen) atoms. The second kappa shape index (κ2) is 20.9. The maximum Gasteiger partial charge on any atom is 0.164 e. The van der Waals surface area contributed by atoms with E-state index in [4.69, 9.17) is 34.9 Å². The minimum atomic E-state index is 0.591. The highest BCUT2D eigenvalue weighted by molar-refractivity contribution is 6.06. The molecule has 4 heterocycles. The molecule has 0 aliphatic carbocycles. The molecule has 0 unspecified atom stereocenters. The Labute approximate surface area is 462 Å². The molecule has 4 aromatic heterocycles. The van der Waals surface area contributed by atoms with E-state index in [2.05, 4.69) is 157 Å². The average molecular weight is 1020 g/mol. The van der Waals surface area contributed by atoms with Crippen molar-refractivity contribution < 1.29 is 0 Å². The quantitative estimate of drug-likeness (QED) is 0.126. The number of hydrogen-bond donors (Lipinski definition) is 0. The number of aromatic nitrogens is 8. The van der Waals surface area contributed by atoms with Gasteiger partial charge in [-0.15, -0.1) is 0 Å². The van der Waals surface area contributed by atoms with Crippen LogP contribution in [0.3, 0.4) is 0 Å². The van der Waals surface area contributed by atoms with Crippen LogP contribution in [-0.4, -0.2) is 39.9 Å². The Kier molecular flexibility index (Phi) is 12.4. The first-order valence-corrected chi connectivity index (χ1v) is 26.5. The molecule has 0 bridgehead atoms. The van der Waals surface area contributed by atoms with Crippen molar-refractivity contribution in [2.24, 2.45) is 0 Å². The highest BCUT2D eigenvalue weighted by Gasteiger charge is 2.19. The Balaban J connectivity index is 0.804. The maximum absolute atomic E-state index is 5.14. The molecular weight excluding hydrogens is 977 g/mol. The first-order valence-electron chi connectivity index (χ1n) is 26.5. The van der Waals surface area contributed by atoms with Gasteiger partial charge in [-0.2, -0.15) is 0 Å². The summed E-state index contributed by atoms with van der Waals surface area (Å²) in [5.74, 6) is 3.65. The second-order valence-electron chi connectivity index (χ2n) is 19.5. The van der Waals surface area contributed by atoms with Crippen molar-refractivity contribution >= 4 is 21.5 Å². The van der Waals surface area contributed by atoms with Crippen molar-refractivity contribution in [1.29, 1.82) is 0 Å². The van der Waals surface area contributed by atoms with Crippen LogP contribution in [0.5, 0.6) is 0 Å². The van der Waals surface area contributed by atoms with Gasteiger partial charge in [-0.1, -0.05) is 237 Å². The summed E-state index contributed by atoms with van der Waals surface area (Å²) in [6.07, 6.45) is 5.61. The second-order valence-corrected chi connectivity index (χ2v) is 19.5. The molecule has 0 N–H and O–H groups in total. The Morgan fingerprint density at radius 2 is 0.613 bits per heavy atom. The third-order valence-corrected chi connectivity index (χ3v) is 14.6. The van der Waals surface area contributed by atoms with Crippen LogP contribution in [-0.2, 0) is 0 Å². The largest absolute Gasteiger partial charge is 0.264 e. The van der Waals surface area contributed by atoms with Crippen LogP contribution in [0.1, 0.15) is 0 Å². The lowest BCUT2D eigenvalue weighted by Gasteiger charge is -2.16. The third-order valence-electron chi connectivity index (χ3n) is 14.6. The Hall–Kier alpha value is -11.0. The number of hydrogen-bond acceptors (Lipinski definition) is 8. The summed E-state index contributed by atoms with van der Waals surface area (Å²) in [6, 6.07) is 89.9. The Bertz CT molecular complexity index is 4470. The van der Waals surface area contributed by atoms with E-state index in [0.29, 0.717) is 34.9 Å². The van der Waals surface area contributed by atoms with Gasteiger partial charge in [-0.3, -0.25) is 9.97 Å². The highest BCUT2D eigenvalue weighted by Crippen LogP contribution is 2.42. The molecule has 0 spiro atoms. The van der Waals surface area contributed by atoms with E-state index in [-0.39, 0.29) is 0 Å². The van der Waals surface area contributed by atoms with Crippen molar-refractivity contribution in [1.82, 2.24) is 39.9 Å². The zero-order valence-corrected chi connectivity index (χ0v) is 43.1. The summed E-state index contributed by atoms with van der Waals surface area (Å²) in [4.78, 5) is 39.5. The van der Waals surface area contributed by atoms with E-state index in [1.807, 2.05) is 128 Å². The van der Waals surface area contributed by atoms with Gasteiger partial charge < -0.3 is 0 Å². The standard InChI is InChI=1S/C72H46N8/c1-4-16-52(17-5-1)67-75-68(53-18-6-2-7-19-53)77-71(76-67)56-34-27-49(28-35-56)61-41-40-51-31-38-58(45-63(51)65(61)59-22-14-43-73-46-59)47-25-32-55(33-26-47)70-78-69(54-20-8-3-9-21-54)79-72(80-70)57-36-29-50(30-37-57)62-42-39-48-15-10-11-23-60(48)66(62)64-24-12-13-44-74-64/h1-46H. The molecule has 0 amide bonds. The molecule has 8 nitrogen and oxygen atoms in total. The predicted octanol–water partition coefficient (Wildman–Crippen LogP) is 17.5. The van der Waals surface area contributed by atoms with Gasteiger partial charge in [0.15, 0.2) is 34.9 Å². The van der Waals surface area contributed by atoms with Crippen molar-refractivity contribution in [2.45, 2.75) is 0 Å². The Morgan fingerprint density at radius 3 is 1.09 bits per heavy atom. The van der Waals surface area contributed by atoms with Crippen LogP contribution in [0.4, 0.5) is 0 Å². The molecule has 0 fully saturated rings. The van der Waals surface area contributed by atoms with Crippen molar-refractivity contribution in [3.05, 3.63) is 279 Å². The molecule has 14 rings (SSSR count). The van der Waals surface area contributed by atoms with Crippen LogP contribution in [0.15, 0.2) is 279 Å². The molecule has 10 aromatic carbocycles. The number of fused-ring (bicyclic) bond motifs is 2. The van der Waals surface area contributed by atoms with Crippen LogP contribution < -0.4 is 0 Å². The normalized spacial score (nSPS) is 11.2. The van der Waals surface area contributed by atoms with E-state index in [1.54, 1.807) is 0 Å². The topological polar surface area (TPSA) is 103 Å². The minimum Gasteiger partial charge on any atom is -0.264 e. The number of rotatable bonds is 11. The summed E-state index contributed by atoms with van der Waals surface area (Å²) in [5.41, 5.74) is 16.1. The van der Waals surface area contributed by atoms with Gasteiger partial charge in [0.25, 0.3) is 0 Å². The zero-order valence-electron chi connectivity index (χ0n) is 43.1. The summed E-state index contributed by atoms with van der Waals surface area (Å²) >= 11 is 0. The molecule has 374 valence electrons.